The maximum atomic E-state index is 5.86. The fourth-order valence-corrected chi connectivity index (χ4v) is 2.31. The quantitative estimate of drug-likeness (QED) is 0.871. The van der Waals surface area contributed by atoms with E-state index in [0.717, 1.165) is 24.6 Å². The van der Waals surface area contributed by atoms with Crippen molar-refractivity contribution < 1.29 is 4.74 Å². The van der Waals surface area contributed by atoms with Gasteiger partial charge in [-0.15, -0.1) is 0 Å². The van der Waals surface area contributed by atoms with Crippen molar-refractivity contribution in [1.29, 1.82) is 0 Å². The van der Waals surface area contributed by atoms with Gasteiger partial charge in [-0.3, -0.25) is 0 Å². The lowest BCUT2D eigenvalue weighted by Gasteiger charge is -2.17. The molecular weight excluding hydrogens is 234 g/mol. The number of benzene rings is 1. The first kappa shape index (κ1) is 12.9. The summed E-state index contributed by atoms with van der Waals surface area (Å²) in [7, 11) is 0. The third-order valence-electron chi connectivity index (χ3n) is 3.17. The molecule has 2 nitrogen and oxygen atoms in total. The molecule has 1 aromatic rings. The Morgan fingerprint density at radius 3 is 2.82 bits per heavy atom. The molecule has 0 saturated carbocycles. The van der Waals surface area contributed by atoms with Crippen LogP contribution >= 0.6 is 11.6 Å². The molecule has 17 heavy (non-hydrogen) atoms. The van der Waals surface area contributed by atoms with E-state index in [1.807, 2.05) is 12.1 Å². The summed E-state index contributed by atoms with van der Waals surface area (Å²) in [6.07, 6.45) is 3.85. The van der Waals surface area contributed by atoms with E-state index in [9.17, 15) is 0 Å². The molecule has 1 aliphatic heterocycles. The molecule has 2 rings (SSSR count). The van der Waals surface area contributed by atoms with Crippen molar-refractivity contribution in [2.45, 2.75) is 38.3 Å². The van der Waals surface area contributed by atoms with Crippen LogP contribution in [0, 0.1) is 0 Å². The number of rotatable bonds is 5. The molecule has 94 valence electrons. The van der Waals surface area contributed by atoms with Crippen molar-refractivity contribution in [2.24, 2.45) is 0 Å². The lowest BCUT2D eigenvalue weighted by molar-refractivity contribution is 0.108. The fourth-order valence-electron chi connectivity index (χ4n) is 2.18. The summed E-state index contributed by atoms with van der Waals surface area (Å²) >= 11 is 5.86. The second-order valence-corrected chi connectivity index (χ2v) is 5.21. The van der Waals surface area contributed by atoms with E-state index in [0.29, 0.717) is 12.1 Å². The maximum Gasteiger partial charge on any atom is 0.0700 e. The molecule has 0 bridgehead atoms. The van der Waals surface area contributed by atoms with Crippen LogP contribution in [-0.4, -0.2) is 25.3 Å². The minimum Gasteiger partial charge on any atom is -0.377 e. The van der Waals surface area contributed by atoms with Gasteiger partial charge in [0.25, 0.3) is 0 Å². The van der Waals surface area contributed by atoms with Crippen LogP contribution in [0.4, 0.5) is 0 Å². The van der Waals surface area contributed by atoms with Gasteiger partial charge in [0.15, 0.2) is 0 Å². The molecule has 3 heteroatoms. The van der Waals surface area contributed by atoms with Gasteiger partial charge in [0.05, 0.1) is 6.10 Å². The van der Waals surface area contributed by atoms with Crippen molar-refractivity contribution in [3.8, 4) is 0 Å². The van der Waals surface area contributed by atoms with Gasteiger partial charge in [0, 0.05) is 24.2 Å². The van der Waals surface area contributed by atoms with Gasteiger partial charge >= 0.3 is 0 Å². The van der Waals surface area contributed by atoms with Crippen LogP contribution in [0.1, 0.15) is 25.3 Å². The van der Waals surface area contributed by atoms with E-state index >= 15 is 0 Å². The molecule has 1 aromatic carbocycles. The molecule has 0 amide bonds. The minimum atomic E-state index is 0.419. The largest absolute Gasteiger partial charge is 0.377 e. The Labute approximate surface area is 108 Å². The average Bonchev–Trinajstić information content (AvgIpc) is 2.83. The van der Waals surface area contributed by atoms with Crippen molar-refractivity contribution in [3.63, 3.8) is 0 Å². The second kappa shape index (κ2) is 6.39. The van der Waals surface area contributed by atoms with Gasteiger partial charge < -0.3 is 10.1 Å². The summed E-state index contributed by atoms with van der Waals surface area (Å²) < 4.78 is 5.59. The van der Waals surface area contributed by atoms with E-state index in [2.05, 4.69) is 24.4 Å². The summed E-state index contributed by atoms with van der Waals surface area (Å²) in [6.45, 7) is 4.11. The van der Waals surface area contributed by atoms with E-state index in [1.165, 1.54) is 18.4 Å². The normalized spacial score (nSPS) is 21.6. The van der Waals surface area contributed by atoms with Crippen LogP contribution in [0.2, 0.25) is 5.02 Å². The monoisotopic (exact) mass is 253 g/mol. The molecular formula is C14H20ClNO. The SMILES string of the molecule is CC(Cc1ccc(Cl)cc1)NCC1CCCO1. The van der Waals surface area contributed by atoms with Crippen LogP contribution in [0.5, 0.6) is 0 Å². The third kappa shape index (κ3) is 4.30. The number of hydrogen-bond donors (Lipinski definition) is 1. The highest BCUT2D eigenvalue weighted by Gasteiger charge is 2.15. The highest BCUT2D eigenvalue weighted by Crippen LogP contribution is 2.13. The zero-order chi connectivity index (χ0) is 12.1. The topological polar surface area (TPSA) is 21.3 Å². The van der Waals surface area contributed by atoms with Crippen molar-refractivity contribution >= 4 is 11.6 Å². The van der Waals surface area contributed by atoms with Gasteiger partial charge in [-0.1, -0.05) is 23.7 Å². The average molecular weight is 254 g/mol. The van der Waals surface area contributed by atoms with Crippen molar-refractivity contribution in [1.82, 2.24) is 5.32 Å². The Hall–Kier alpha value is -0.570. The lowest BCUT2D eigenvalue weighted by atomic mass is 10.1. The van der Waals surface area contributed by atoms with Crippen molar-refractivity contribution in [3.05, 3.63) is 34.9 Å². The van der Waals surface area contributed by atoms with Crippen LogP contribution < -0.4 is 5.32 Å². The summed E-state index contributed by atoms with van der Waals surface area (Å²) in [5.74, 6) is 0. The Morgan fingerprint density at radius 2 is 2.18 bits per heavy atom. The van der Waals surface area contributed by atoms with Gasteiger partial charge in [0.1, 0.15) is 0 Å². The van der Waals surface area contributed by atoms with Crippen LogP contribution in [0.3, 0.4) is 0 Å². The molecule has 0 spiro atoms. The van der Waals surface area contributed by atoms with Gasteiger partial charge in [-0.05, 0) is 43.9 Å². The zero-order valence-corrected chi connectivity index (χ0v) is 11.0. The molecule has 1 saturated heterocycles. The Kier molecular flexibility index (Phi) is 4.84. The first-order valence-corrected chi connectivity index (χ1v) is 6.71. The van der Waals surface area contributed by atoms with Gasteiger partial charge in [-0.25, -0.2) is 0 Å². The Morgan fingerprint density at radius 1 is 1.41 bits per heavy atom. The third-order valence-corrected chi connectivity index (χ3v) is 3.43. The summed E-state index contributed by atoms with van der Waals surface area (Å²) in [5.41, 5.74) is 1.32. The number of halogens is 1. The summed E-state index contributed by atoms with van der Waals surface area (Å²) in [4.78, 5) is 0. The van der Waals surface area contributed by atoms with E-state index in [1.54, 1.807) is 0 Å². The summed E-state index contributed by atoms with van der Waals surface area (Å²) in [5, 5.41) is 4.33. The fraction of sp³-hybridized carbons (Fsp3) is 0.571. The number of ether oxygens (including phenoxy) is 1. The predicted octanol–water partition coefficient (Wildman–Crippen LogP) is 3.04. The van der Waals surface area contributed by atoms with Crippen LogP contribution in [-0.2, 0) is 11.2 Å². The Balaban J connectivity index is 1.72. The predicted molar refractivity (Wildman–Crippen MR) is 71.6 cm³/mol. The Bertz CT molecular complexity index is 333. The molecule has 1 N–H and O–H groups in total. The number of nitrogens with one attached hydrogen (secondary N) is 1. The standard InChI is InChI=1S/C14H20ClNO/c1-11(16-10-14-3-2-8-17-14)9-12-4-6-13(15)7-5-12/h4-7,11,14,16H,2-3,8-10H2,1H3. The molecule has 0 aromatic heterocycles. The number of hydrogen-bond acceptors (Lipinski definition) is 2. The maximum absolute atomic E-state index is 5.86. The summed E-state index contributed by atoms with van der Waals surface area (Å²) in [6, 6.07) is 8.55. The minimum absolute atomic E-state index is 0.419. The highest BCUT2D eigenvalue weighted by atomic mass is 35.5. The smallest absolute Gasteiger partial charge is 0.0700 e. The van der Waals surface area contributed by atoms with Gasteiger partial charge in [-0.2, -0.15) is 0 Å². The molecule has 2 atom stereocenters. The lowest BCUT2D eigenvalue weighted by Crippen LogP contribution is -2.34. The van der Waals surface area contributed by atoms with E-state index < -0.39 is 0 Å². The van der Waals surface area contributed by atoms with Gasteiger partial charge in [0.2, 0.25) is 0 Å². The van der Waals surface area contributed by atoms with E-state index in [-0.39, 0.29) is 0 Å². The zero-order valence-electron chi connectivity index (χ0n) is 10.3. The molecule has 1 aliphatic rings. The highest BCUT2D eigenvalue weighted by molar-refractivity contribution is 6.30. The molecule has 0 aliphatic carbocycles. The van der Waals surface area contributed by atoms with Crippen LogP contribution in [0.15, 0.2) is 24.3 Å². The van der Waals surface area contributed by atoms with Crippen molar-refractivity contribution in [2.75, 3.05) is 13.2 Å². The molecule has 1 heterocycles. The first-order valence-electron chi connectivity index (χ1n) is 6.33. The second-order valence-electron chi connectivity index (χ2n) is 4.77. The molecule has 1 fully saturated rings. The van der Waals surface area contributed by atoms with E-state index in [4.69, 9.17) is 16.3 Å². The molecule has 2 unspecified atom stereocenters. The first-order chi connectivity index (χ1) is 8.24. The van der Waals surface area contributed by atoms with Crippen LogP contribution in [0.25, 0.3) is 0 Å². The molecule has 0 radical (unpaired) electrons.